The van der Waals surface area contributed by atoms with Gasteiger partial charge in [-0.2, -0.15) is 0 Å². The number of fused-ring (bicyclic) bond motifs is 3. The first kappa shape index (κ1) is 18.5. The number of carbonyl (C=O) groups is 1. The van der Waals surface area contributed by atoms with Crippen molar-refractivity contribution in [3.05, 3.63) is 65.1 Å². The van der Waals surface area contributed by atoms with Crippen LogP contribution in [0.1, 0.15) is 11.1 Å². The number of hydrogen-bond acceptors (Lipinski definition) is 6. The Bertz CT molecular complexity index is 1150. The molecule has 6 rings (SSSR count). The Labute approximate surface area is 178 Å². The second kappa shape index (κ2) is 6.90. The molecule has 1 amide bonds. The first-order valence-corrected chi connectivity index (χ1v) is 10.5. The highest BCUT2D eigenvalue weighted by atomic mass is 19.1. The molecule has 0 unspecified atom stereocenters. The molecule has 0 spiro atoms. The van der Waals surface area contributed by atoms with Crippen molar-refractivity contribution in [2.45, 2.75) is 6.04 Å². The van der Waals surface area contributed by atoms with Gasteiger partial charge in [-0.3, -0.25) is 9.69 Å². The fourth-order valence-corrected chi connectivity index (χ4v) is 4.91. The minimum atomic E-state index is -0.401. The molecule has 4 aliphatic rings. The van der Waals surface area contributed by atoms with Gasteiger partial charge in [0.05, 0.1) is 11.3 Å². The number of nitrogens with zero attached hydrogens (tertiary/aromatic N) is 2. The summed E-state index contributed by atoms with van der Waals surface area (Å²) in [6.45, 7) is 3.27. The van der Waals surface area contributed by atoms with Gasteiger partial charge in [-0.15, -0.1) is 0 Å². The van der Waals surface area contributed by atoms with Crippen molar-refractivity contribution in [1.82, 2.24) is 4.90 Å². The van der Waals surface area contributed by atoms with Crippen molar-refractivity contribution in [2.75, 3.05) is 36.9 Å². The predicted octanol–water partition coefficient (Wildman–Crippen LogP) is 2.22. The van der Waals surface area contributed by atoms with Crippen molar-refractivity contribution in [2.24, 2.45) is 22.7 Å². The molecule has 158 valence electrons. The van der Waals surface area contributed by atoms with Crippen LogP contribution in [0.2, 0.25) is 0 Å². The molecule has 2 aromatic carbocycles. The van der Waals surface area contributed by atoms with Crippen molar-refractivity contribution in [1.29, 1.82) is 0 Å². The number of allylic oxidation sites excluding steroid dienone is 1. The molecule has 0 aromatic heterocycles. The van der Waals surface area contributed by atoms with E-state index in [4.69, 9.17) is 10.6 Å². The van der Waals surface area contributed by atoms with Crippen LogP contribution in [-0.4, -0.2) is 48.8 Å². The highest BCUT2D eigenvalue weighted by Gasteiger charge is 2.53. The standard InChI is InChI=1S/C23H22FN5O2/c24-12-5-6-18-14(9-12)19(23(30)27-18)22-21(13-3-1-2-4-17(13)26-22)28-31-8-7-29-10-15-16(11-29)20(15)25/h1-6,9,15-16,20,26H,7-8,10-11,25H2,(H,27,30)/b22-19-,28-21+/t15-,16+,20+. The SMILES string of the molecule is N[C@@H]1[C@H]2CN(CCO/N=C3/C(=C4/C(=O)Nc5ccc(F)cc54)Nc4ccccc43)C[C@@H]12. The number of anilines is 2. The van der Waals surface area contributed by atoms with E-state index < -0.39 is 5.82 Å². The topological polar surface area (TPSA) is 92.0 Å². The van der Waals surface area contributed by atoms with Crippen LogP contribution in [0.15, 0.2) is 53.3 Å². The zero-order valence-corrected chi connectivity index (χ0v) is 16.8. The summed E-state index contributed by atoms with van der Waals surface area (Å²) in [6.07, 6.45) is 0. The Morgan fingerprint density at radius 1 is 1.10 bits per heavy atom. The lowest BCUT2D eigenvalue weighted by Crippen LogP contribution is -2.30. The number of oxime groups is 1. The summed E-state index contributed by atoms with van der Waals surface area (Å²) in [7, 11) is 0. The molecular weight excluding hydrogens is 397 g/mol. The predicted molar refractivity (Wildman–Crippen MR) is 116 cm³/mol. The van der Waals surface area contributed by atoms with Crippen molar-refractivity contribution in [3.63, 3.8) is 0 Å². The third-order valence-electron chi connectivity index (χ3n) is 6.65. The summed E-state index contributed by atoms with van der Waals surface area (Å²) >= 11 is 0. The van der Waals surface area contributed by atoms with E-state index in [-0.39, 0.29) is 5.91 Å². The Morgan fingerprint density at radius 2 is 1.87 bits per heavy atom. The quantitative estimate of drug-likeness (QED) is 0.402. The van der Waals surface area contributed by atoms with Gasteiger partial charge in [0.15, 0.2) is 0 Å². The number of carbonyl (C=O) groups excluding carboxylic acids is 1. The van der Waals surface area contributed by atoms with Gasteiger partial charge in [0.25, 0.3) is 5.91 Å². The van der Waals surface area contributed by atoms with Crippen LogP contribution in [0, 0.1) is 17.7 Å². The number of halogens is 1. The van der Waals surface area contributed by atoms with Crippen LogP contribution >= 0.6 is 0 Å². The number of nitrogens with one attached hydrogen (secondary N) is 2. The molecule has 4 N–H and O–H groups in total. The van der Waals surface area contributed by atoms with E-state index in [2.05, 4.69) is 20.7 Å². The number of para-hydroxylation sites is 1. The second-order valence-electron chi connectivity index (χ2n) is 8.50. The highest BCUT2D eigenvalue weighted by molar-refractivity contribution is 6.39. The maximum Gasteiger partial charge on any atom is 0.258 e. The van der Waals surface area contributed by atoms with Crippen LogP contribution in [0.5, 0.6) is 0 Å². The minimum absolute atomic E-state index is 0.295. The van der Waals surface area contributed by atoms with Crippen LogP contribution in [0.25, 0.3) is 5.57 Å². The summed E-state index contributed by atoms with van der Waals surface area (Å²) in [5.41, 5.74) is 10.2. The smallest absolute Gasteiger partial charge is 0.258 e. The second-order valence-corrected chi connectivity index (χ2v) is 8.50. The molecule has 3 atom stereocenters. The molecule has 3 aliphatic heterocycles. The summed E-state index contributed by atoms with van der Waals surface area (Å²) in [4.78, 5) is 20.8. The van der Waals surface area contributed by atoms with E-state index in [1.165, 1.54) is 12.1 Å². The summed E-state index contributed by atoms with van der Waals surface area (Å²) < 4.78 is 13.9. The molecule has 31 heavy (non-hydrogen) atoms. The lowest BCUT2D eigenvalue weighted by molar-refractivity contribution is -0.110. The zero-order chi connectivity index (χ0) is 21.1. The Hall–Kier alpha value is -3.23. The van der Waals surface area contributed by atoms with Gasteiger partial charge in [-0.25, -0.2) is 4.39 Å². The van der Waals surface area contributed by atoms with Gasteiger partial charge in [0.2, 0.25) is 0 Å². The lowest BCUT2D eigenvalue weighted by atomic mass is 10.0. The van der Waals surface area contributed by atoms with Gasteiger partial charge in [0.1, 0.15) is 18.1 Å². The Balaban J connectivity index is 1.28. The molecule has 8 heteroatoms. The maximum atomic E-state index is 13.9. The number of hydrogen-bond donors (Lipinski definition) is 3. The lowest BCUT2D eigenvalue weighted by Gasteiger charge is -2.17. The van der Waals surface area contributed by atoms with Gasteiger partial charge in [-0.1, -0.05) is 23.4 Å². The van der Waals surface area contributed by atoms with Crippen LogP contribution in [0.3, 0.4) is 0 Å². The van der Waals surface area contributed by atoms with E-state index in [0.717, 1.165) is 30.9 Å². The molecule has 0 bridgehead atoms. The van der Waals surface area contributed by atoms with Gasteiger partial charge in [0, 0.05) is 48.2 Å². The molecule has 0 radical (unpaired) electrons. The Kier molecular flexibility index (Phi) is 4.12. The largest absolute Gasteiger partial charge is 0.394 e. The number of rotatable bonds is 4. The average molecular weight is 419 g/mol. The van der Waals surface area contributed by atoms with Gasteiger partial charge < -0.3 is 21.2 Å². The number of benzene rings is 2. The fraction of sp³-hybridized carbons (Fsp3) is 0.304. The Morgan fingerprint density at radius 3 is 2.71 bits per heavy atom. The number of amides is 1. The van der Waals surface area contributed by atoms with Crippen LogP contribution in [0.4, 0.5) is 15.8 Å². The maximum absolute atomic E-state index is 13.9. The number of nitrogens with two attached hydrogens (primary N) is 1. The van der Waals surface area contributed by atoms with E-state index in [1.807, 2.05) is 24.3 Å². The van der Waals surface area contributed by atoms with E-state index >= 15 is 0 Å². The highest BCUT2D eigenvalue weighted by Crippen LogP contribution is 2.43. The van der Waals surface area contributed by atoms with Gasteiger partial charge >= 0.3 is 0 Å². The molecule has 2 aromatic rings. The summed E-state index contributed by atoms with van der Waals surface area (Å²) in [5.74, 6) is 0.572. The molecule has 1 saturated carbocycles. The molecule has 2 fully saturated rings. The van der Waals surface area contributed by atoms with Crippen LogP contribution in [-0.2, 0) is 9.63 Å². The average Bonchev–Trinajstić information content (AvgIpc) is 3.15. The molecule has 1 aliphatic carbocycles. The van der Waals surface area contributed by atoms with Crippen molar-refractivity contribution < 1.29 is 14.0 Å². The monoisotopic (exact) mass is 419 g/mol. The van der Waals surface area contributed by atoms with Crippen LogP contribution < -0.4 is 16.4 Å². The molecule has 7 nitrogen and oxygen atoms in total. The van der Waals surface area contributed by atoms with E-state index in [1.54, 1.807) is 6.07 Å². The third-order valence-corrected chi connectivity index (χ3v) is 6.65. The van der Waals surface area contributed by atoms with Gasteiger partial charge in [-0.05, 0) is 36.1 Å². The van der Waals surface area contributed by atoms with Crippen molar-refractivity contribution in [3.8, 4) is 0 Å². The molecule has 1 saturated heterocycles. The first-order valence-electron chi connectivity index (χ1n) is 10.5. The van der Waals surface area contributed by atoms with Crippen molar-refractivity contribution >= 4 is 28.6 Å². The first-order chi connectivity index (χ1) is 15.1. The summed E-state index contributed by atoms with van der Waals surface area (Å²) in [5, 5.41) is 10.5. The number of piperidine rings is 1. The molecular formula is C23H22FN5O2. The fourth-order valence-electron chi connectivity index (χ4n) is 4.91. The minimum Gasteiger partial charge on any atom is -0.394 e. The summed E-state index contributed by atoms with van der Waals surface area (Å²) in [6, 6.07) is 12.3. The number of likely N-dealkylation sites (tertiary alicyclic amines) is 1. The van der Waals surface area contributed by atoms with E-state index in [9.17, 15) is 9.18 Å². The van der Waals surface area contributed by atoms with E-state index in [0.29, 0.717) is 52.7 Å². The zero-order valence-electron chi connectivity index (χ0n) is 16.8. The third kappa shape index (κ3) is 3.02. The normalized spacial score (nSPS) is 29.4. The molecule has 3 heterocycles.